The molecule has 4 heteroatoms. The lowest BCUT2D eigenvalue weighted by Crippen LogP contribution is -2.36. The molecule has 2 aliphatic rings. The Morgan fingerprint density at radius 1 is 1.09 bits per heavy atom. The van der Waals surface area contributed by atoms with Crippen molar-refractivity contribution in [2.24, 2.45) is 0 Å². The minimum Gasteiger partial charge on any atom is -0.378 e. The molecule has 2 aromatic rings. The van der Waals surface area contributed by atoms with Crippen LogP contribution in [0.1, 0.15) is 23.6 Å². The summed E-state index contributed by atoms with van der Waals surface area (Å²) in [6.45, 7) is 3.51. The Morgan fingerprint density at radius 3 is 2.77 bits per heavy atom. The van der Waals surface area contributed by atoms with Gasteiger partial charge in [0.05, 0.1) is 31.1 Å². The molecule has 0 radical (unpaired) electrons. The highest BCUT2D eigenvalue weighted by Gasteiger charge is 2.22. The molecular formula is C18H21N3O. The highest BCUT2D eigenvalue weighted by molar-refractivity contribution is 5.51. The van der Waals surface area contributed by atoms with Gasteiger partial charge in [0.15, 0.2) is 0 Å². The Labute approximate surface area is 131 Å². The number of morpholine rings is 1. The zero-order valence-electron chi connectivity index (χ0n) is 12.7. The van der Waals surface area contributed by atoms with Gasteiger partial charge in [-0.15, -0.1) is 0 Å². The van der Waals surface area contributed by atoms with E-state index in [1.54, 1.807) is 0 Å². The van der Waals surface area contributed by atoms with Crippen molar-refractivity contribution in [2.45, 2.75) is 18.9 Å². The molecule has 1 saturated heterocycles. The van der Waals surface area contributed by atoms with Crippen LogP contribution in [-0.4, -0.2) is 31.3 Å². The molecule has 1 atom stereocenters. The number of nitrogens with one attached hydrogen (secondary N) is 1. The summed E-state index contributed by atoms with van der Waals surface area (Å²) in [6, 6.07) is 13.3. The van der Waals surface area contributed by atoms with Crippen LogP contribution in [0.25, 0.3) is 0 Å². The molecule has 1 unspecified atom stereocenters. The number of benzene rings is 1. The maximum atomic E-state index is 5.39. The number of aromatic nitrogens is 1. The Kier molecular flexibility index (Phi) is 3.69. The van der Waals surface area contributed by atoms with E-state index in [9.17, 15) is 0 Å². The number of rotatable bonds is 3. The van der Waals surface area contributed by atoms with Crippen LogP contribution in [0.4, 0.5) is 11.5 Å². The van der Waals surface area contributed by atoms with Crippen molar-refractivity contribution in [2.75, 3.05) is 36.5 Å². The first-order valence-corrected chi connectivity index (χ1v) is 8.03. The molecule has 4 rings (SSSR count). The van der Waals surface area contributed by atoms with Crippen molar-refractivity contribution in [1.29, 1.82) is 0 Å². The predicted molar refractivity (Wildman–Crippen MR) is 88.4 cm³/mol. The van der Waals surface area contributed by atoms with Crippen LogP contribution in [0.2, 0.25) is 0 Å². The van der Waals surface area contributed by atoms with E-state index in [-0.39, 0.29) is 0 Å². The molecule has 1 N–H and O–H groups in total. The summed E-state index contributed by atoms with van der Waals surface area (Å²) in [5.74, 6) is 0.957. The number of fused-ring (bicyclic) bond motifs is 1. The van der Waals surface area contributed by atoms with Gasteiger partial charge in [-0.1, -0.05) is 24.3 Å². The molecule has 4 nitrogen and oxygen atoms in total. The van der Waals surface area contributed by atoms with E-state index in [0.717, 1.165) is 45.0 Å². The van der Waals surface area contributed by atoms with Gasteiger partial charge in [-0.2, -0.15) is 0 Å². The fourth-order valence-corrected chi connectivity index (χ4v) is 3.37. The average molecular weight is 295 g/mol. The van der Waals surface area contributed by atoms with Crippen LogP contribution in [0, 0.1) is 0 Å². The zero-order valence-corrected chi connectivity index (χ0v) is 12.7. The lowest BCUT2D eigenvalue weighted by Gasteiger charge is -2.28. The SMILES string of the molecule is c1ccc2c(c1)CCC2Nc1ccc(N2CCOCC2)cn1. The molecule has 0 amide bonds. The molecule has 1 fully saturated rings. The average Bonchev–Trinajstić information content (AvgIpc) is 3.00. The third-order valence-electron chi connectivity index (χ3n) is 4.58. The third-order valence-corrected chi connectivity index (χ3v) is 4.58. The molecule has 0 saturated carbocycles. The molecule has 0 bridgehead atoms. The lowest BCUT2D eigenvalue weighted by molar-refractivity contribution is 0.122. The van der Waals surface area contributed by atoms with Gasteiger partial charge < -0.3 is 15.0 Å². The maximum Gasteiger partial charge on any atom is 0.126 e. The highest BCUT2D eigenvalue weighted by Crippen LogP contribution is 2.33. The van der Waals surface area contributed by atoms with Gasteiger partial charge in [0.2, 0.25) is 0 Å². The summed E-state index contributed by atoms with van der Waals surface area (Å²) in [5.41, 5.74) is 4.06. The molecule has 2 heterocycles. The van der Waals surface area contributed by atoms with E-state index >= 15 is 0 Å². The number of nitrogens with zero attached hydrogens (tertiary/aromatic N) is 2. The second-order valence-electron chi connectivity index (χ2n) is 5.94. The highest BCUT2D eigenvalue weighted by atomic mass is 16.5. The topological polar surface area (TPSA) is 37.4 Å². The van der Waals surface area contributed by atoms with Crippen LogP contribution < -0.4 is 10.2 Å². The number of hydrogen-bond donors (Lipinski definition) is 1. The van der Waals surface area contributed by atoms with Crippen LogP contribution in [0.15, 0.2) is 42.6 Å². The Balaban J connectivity index is 1.46. The summed E-state index contributed by atoms with van der Waals surface area (Å²) in [4.78, 5) is 6.92. The molecule has 22 heavy (non-hydrogen) atoms. The number of aryl methyl sites for hydroxylation is 1. The third kappa shape index (κ3) is 2.66. The molecule has 0 spiro atoms. The van der Waals surface area contributed by atoms with Gasteiger partial charge in [0.25, 0.3) is 0 Å². The first-order chi connectivity index (χ1) is 10.9. The quantitative estimate of drug-likeness (QED) is 0.944. The van der Waals surface area contributed by atoms with E-state index in [0.29, 0.717) is 6.04 Å². The molecule has 1 aromatic heterocycles. The van der Waals surface area contributed by atoms with E-state index in [1.165, 1.54) is 16.8 Å². The Hall–Kier alpha value is -2.07. The van der Waals surface area contributed by atoms with Gasteiger partial charge in [0.1, 0.15) is 5.82 Å². The summed E-state index contributed by atoms with van der Waals surface area (Å²) in [7, 11) is 0. The van der Waals surface area contributed by atoms with Gasteiger partial charge in [-0.05, 0) is 36.1 Å². The van der Waals surface area contributed by atoms with Crippen molar-refractivity contribution in [3.8, 4) is 0 Å². The summed E-state index contributed by atoms with van der Waals surface area (Å²) in [5, 5.41) is 3.57. The normalized spacial score (nSPS) is 20.7. The number of anilines is 2. The van der Waals surface area contributed by atoms with E-state index < -0.39 is 0 Å². The van der Waals surface area contributed by atoms with Gasteiger partial charge in [-0.3, -0.25) is 0 Å². The minimum atomic E-state index is 0.387. The van der Waals surface area contributed by atoms with E-state index in [1.807, 2.05) is 6.20 Å². The van der Waals surface area contributed by atoms with E-state index in [2.05, 4.69) is 51.6 Å². The number of ether oxygens (including phenoxy) is 1. The smallest absolute Gasteiger partial charge is 0.126 e. The number of hydrogen-bond acceptors (Lipinski definition) is 4. The molecule has 1 aromatic carbocycles. The van der Waals surface area contributed by atoms with Gasteiger partial charge >= 0.3 is 0 Å². The van der Waals surface area contributed by atoms with Crippen LogP contribution >= 0.6 is 0 Å². The Morgan fingerprint density at radius 2 is 1.95 bits per heavy atom. The molecule has 114 valence electrons. The minimum absolute atomic E-state index is 0.387. The standard InChI is InChI=1S/C18H21N3O/c1-2-4-16-14(3-1)5-7-17(16)20-18-8-6-15(13-19-18)21-9-11-22-12-10-21/h1-4,6,8,13,17H,5,7,9-12H2,(H,19,20). The zero-order chi connectivity index (χ0) is 14.8. The van der Waals surface area contributed by atoms with Crippen molar-refractivity contribution >= 4 is 11.5 Å². The molecule has 1 aliphatic heterocycles. The first-order valence-electron chi connectivity index (χ1n) is 8.03. The monoisotopic (exact) mass is 295 g/mol. The molecular weight excluding hydrogens is 274 g/mol. The van der Waals surface area contributed by atoms with Gasteiger partial charge in [-0.25, -0.2) is 4.98 Å². The summed E-state index contributed by atoms with van der Waals surface area (Å²) < 4.78 is 5.39. The maximum absolute atomic E-state index is 5.39. The van der Waals surface area contributed by atoms with Crippen molar-refractivity contribution < 1.29 is 4.74 Å². The van der Waals surface area contributed by atoms with E-state index in [4.69, 9.17) is 4.74 Å². The second-order valence-corrected chi connectivity index (χ2v) is 5.94. The fraction of sp³-hybridized carbons (Fsp3) is 0.389. The summed E-state index contributed by atoms with van der Waals surface area (Å²) >= 11 is 0. The van der Waals surface area contributed by atoms with Gasteiger partial charge in [0, 0.05) is 13.1 Å². The fourth-order valence-electron chi connectivity index (χ4n) is 3.37. The predicted octanol–water partition coefficient (Wildman–Crippen LogP) is 3.02. The lowest BCUT2D eigenvalue weighted by atomic mass is 10.1. The van der Waals surface area contributed by atoms with Crippen molar-refractivity contribution in [3.63, 3.8) is 0 Å². The van der Waals surface area contributed by atoms with Crippen LogP contribution in [-0.2, 0) is 11.2 Å². The van der Waals surface area contributed by atoms with Crippen molar-refractivity contribution in [1.82, 2.24) is 4.98 Å². The summed E-state index contributed by atoms with van der Waals surface area (Å²) in [6.07, 6.45) is 4.26. The Bertz CT molecular complexity index is 635. The molecule has 1 aliphatic carbocycles. The number of pyridine rings is 1. The first kappa shape index (κ1) is 13.6. The second kappa shape index (κ2) is 5.97. The van der Waals surface area contributed by atoms with Crippen LogP contribution in [0.5, 0.6) is 0 Å². The largest absolute Gasteiger partial charge is 0.378 e. The van der Waals surface area contributed by atoms with Crippen molar-refractivity contribution in [3.05, 3.63) is 53.7 Å². The van der Waals surface area contributed by atoms with Crippen LogP contribution in [0.3, 0.4) is 0 Å².